The number of benzene rings is 2. The number of nitrogens with zero attached hydrogens (tertiary/aromatic N) is 1. The van der Waals surface area contributed by atoms with E-state index < -0.39 is 6.23 Å². The molecule has 2 fully saturated rings. The number of ether oxygens (including phenoxy) is 1. The van der Waals surface area contributed by atoms with Crippen molar-refractivity contribution in [3.63, 3.8) is 0 Å². The highest BCUT2D eigenvalue weighted by Gasteiger charge is 2.44. The van der Waals surface area contributed by atoms with Gasteiger partial charge in [-0.2, -0.15) is 0 Å². The quantitative estimate of drug-likeness (QED) is 0.682. The van der Waals surface area contributed by atoms with Crippen LogP contribution in [0.3, 0.4) is 0 Å². The summed E-state index contributed by atoms with van der Waals surface area (Å²) in [5.74, 6) is 0.951. The average molecular weight is 417 g/mol. The Bertz CT molecular complexity index is 846. The summed E-state index contributed by atoms with van der Waals surface area (Å²) in [6, 6.07) is 12.7. The summed E-state index contributed by atoms with van der Waals surface area (Å²) in [5.41, 5.74) is 7.78. The van der Waals surface area contributed by atoms with Crippen LogP contribution in [0, 0.1) is 11.7 Å². The zero-order chi connectivity index (χ0) is 20.4. The van der Waals surface area contributed by atoms with Crippen LogP contribution >= 0.6 is 11.6 Å². The van der Waals surface area contributed by atoms with E-state index >= 15 is 0 Å². The average Bonchev–Trinajstić information content (AvgIpc) is 2.98. The summed E-state index contributed by atoms with van der Waals surface area (Å²) in [7, 11) is 0. The van der Waals surface area contributed by atoms with E-state index in [1.807, 2.05) is 12.1 Å². The van der Waals surface area contributed by atoms with E-state index in [1.165, 1.54) is 17.7 Å². The first-order chi connectivity index (χ1) is 14.1. The maximum atomic E-state index is 13.2. The van der Waals surface area contributed by atoms with Gasteiger partial charge >= 0.3 is 0 Å². The van der Waals surface area contributed by atoms with Crippen molar-refractivity contribution in [1.82, 2.24) is 4.90 Å². The number of fused-ring (bicyclic) bond motifs is 2. The molecule has 2 aliphatic heterocycles. The van der Waals surface area contributed by atoms with Crippen LogP contribution in [0.15, 0.2) is 42.5 Å². The molecule has 6 heteroatoms. The molecule has 4 rings (SSSR count). The van der Waals surface area contributed by atoms with Gasteiger partial charge in [0.25, 0.3) is 0 Å². The normalized spacial score (nSPS) is 25.0. The number of aldehydes is 1. The van der Waals surface area contributed by atoms with Gasteiger partial charge in [-0.3, -0.25) is 9.69 Å². The van der Waals surface area contributed by atoms with Crippen molar-refractivity contribution in [3.05, 3.63) is 64.4 Å². The number of carbonyl (C=O) groups is 1. The summed E-state index contributed by atoms with van der Waals surface area (Å²) in [6.07, 6.45) is 5.40. The zero-order valence-electron chi connectivity index (χ0n) is 16.3. The molecule has 154 valence electrons. The minimum absolute atomic E-state index is 0.200. The Morgan fingerprint density at radius 2 is 1.86 bits per heavy atom. The van der Waals surface area contributed by atoms with E-state index in [1.54, 1.807) is 18.2 Å². The van der Waals surface area contributed by atoms with Gasteiger partial charge in [0.2, 0.25) is 6.23 Å². The van der Waals surface area contributed by atoms with Crippen molar-refractivity contribution in [2.75, 3.05) is 0 Å². The Balaban J connectivity index is 1.45. The molecule has 2 aromatic carbocycles. The van der Waals surface area contributed by atoms with E-state index in [0.29, 0.717) is 35.3 Å². The Morgan fingerprint density at radius 3 is 2.48 bits per heavy atom. The maximum absolute atomic E-state index is 13.2. The molecule has 2 aromatic rings. The molecule has 2 saturated heterocycles. The largest absolute Gasteiger partial charge is 0.468 e. The molecule has 0 spiro atoms. The van der Waals surface area contributed by atoms with Crippen LogP contribution < -0.4 is 10.5 Å². The van der Waals surface area contributed by atoms with Crippen LogP contribution in [0.4, 0.5) is 4.39 Å². The molecular formula is C23H26ClFN2O2. The maximum Gasteiger partial charge on any atom is 0.209 e. The zero-order valence-corrected chi connectivity index (χ0v) is 17.0. The molecule has 3 unspecified atom stereocenters. The molecule has 0 aliphatic carbocycles. The number of hydrogen-bond acceptors (Lipinski definition) is 4. The van der Waals surface area contributed by atoms with Crippen LogP contribution in [-0.2, 0) is 17.8 Å². The highest BCUT2D eigenvalue weighted by Crippen LogP contribution is 2.41. The summed E-state index contributed by atoms with van der Waals surface area (Å²) >= 11 is 6.05. The number of halogens is 2. The molecule has 0 aromatic heterocycles. The molecular weight excluding hydrogens is 391 g/mol. The number of nitrogens with two attached hydrogens (primary N) is 1. The smallest absolute Gasteiger partial charge is 0.209 e. The lowest BCUT2D eigenvalue weighted by atomic mass is 9.85. The van der Waals surface area contributed by atoms with Gasteiger partial charge in [-0.25, -0.2) is 4.39 Å². The van der Waals surface area contributed by atoms with Crippen molar-refractivity contribution in [3.8, 4) is 5.75 Å². The lowest BCUT2D eigenvalue weighted by molar-refractivity contribution is -0.127. The van der Waals surface area contributed by atoms with Gasteiger partial charge in [-0.15, -0.1) is 0 Å². The van der Waals surface area contributed by atoms with E-state index in [4.69, 9.17) is 22.1 Å². The molecule has 0 saturated carbocycles. The lowest BCUT2D eigenvalue weighted by Crippen LogP contribution is -2.52. The predicted molar refractivity (Wildman–Crippen MR) is 111 cm³/mol. The first-order valence-electron chi connectivity index (χ1n) is 10.2. The standard InChI is InChI=1S/C23H26ClFN2O2/c24-18-3-8-22(17(12-18)13-26)29-23(14-28)27-20-6-7-21(27)11-16(10-20)9-15-1-4-19(25)5-2-15/h1-5,8,12,14,16,20-21,23H,6-7,9-11,13,26H2. The molecule has 4 nitrogen and oxygen atoms in total. The molecule has 2 N–H and O–H groups in total. The number of carbonyl (C=O) groups excluding carboxylic acids is 1. The fraction of sp³-hybridized carbons (Fsp3) is 0.435. The first-order valence-corrected chi connectivity index (χ1v) is 10.6. The molecule has 2 aliphatic rings. The summed E-state index contributed by atoms with van der Waals surface area (Å²) in [6.45, 7) is 0.300. The Hall–Kier alpha value is -1.95. The highest BCUT2D eigenvalue weighted by atomic mass is 35.5. The van der Waals surface area contributed by atoms with E-state index in [-0.39, 0.29) is 5.82 Å². The summed E-state index contributed by atoms with van der Waals surface area (Å²) in [4.78, 5) is 14.2. The molecule has 0 radical (unpaired) electrons. The fourth-order valence-electron chi connectivity index (χ4n) is 4.97. The number of piperidine rings is 1. The lowest BCUT2D eigenvalue weighted by Gasteiger charge is -2.41. The van der Waals surface area contributed by atoms with Crippen LogP contribution in [0.25, 0.3) is 0 Å². The minimum Gasteiger partial charge on any atom is -0.468 e. The SMILES string of the molecule is NCc1cc(Cl)ccc1OC(C=O)N1C2CCC1CC(Cc1ccc(F)cc1)C2. The van der Waals surface area contributed by atoms with Crippen molar-refractivity contribution < 1.29 is 13.9 Å². The Morgan fingerprint density at radius 1 is 1.17 bits per heavy atom. The van der Waals surface area contributed by atoms with Crippen LogP contribution in [0.1, 0.15) is 36.8 Å². The topological polar surface area (TPSA) is 55.6 Å². The second kappa shape index (κ2) is 8.82. The third kappa shape index (κ3) is 4.47. The molecule has 2 heterocycles. The van der Waals surface area contributed by atoms with E-state index in [2.05, 4.69) is 4.90 Å². The Labute approximate surface area is 175 Å². The second-order valence-corrected chi connectivity index (χ2v) is 8.54. The van der Waals surface area contributed by atoms with E-state index in [9.17, 15) is 9.18 Å². The van der Waals surface area contributed by atoms with Crippen molar-refractivity contribution in [2.45, 2.75) is 57.0 Å². The molecule has 0 amide bonds. The highest BCUT2D eigenvalue weighted by molar-refractivity contribution is 6.30. The summed E-state index contributed by atoms with van der Waals surface area (Å²) < 4.78 is 19.3. The van der Waals surface area contributed by atoms with Crippen molar-refractivity contribution >= 4 is 17.9 Å². The van der Waals surface area contributed by atoms with Crippen molar-refractivity contribution in [1.29, 1.82) is 0 Å². The van der Waals surface area contributed by atoms with Gasteiger partial charge in [-0.05, 0) is 73.9 Å². The van der Waals surface area contributed by atoms with Crippen LogP contribution in [0.5, 0.6) is 5.75 Å². The van der Waals surface area contributed by atoms with Crippen molar-refractivity contribution in [2.24, 2.45) is 11.7 Å². The number of rotatable bonds is 7. The molecule has 3 atom stereocenters. The third-order valence-electron chi connectivity index (χ3n) is 6.23. The van der Waals surface area contributed by atoms with Gasteiger partial charge in [-0.1, -0.05) is 23.7 Å². The Kier molecular flexibility index (Phi) is 6.18. The number of hydrogen-bond donors (Lipinski definition) is 1. The van der Waals surface area contributed by atoms with Gasteiger partial charge in [0.1, 0.15) is 11.6 Å². The van der Waals surface area contributed by atoms with Crippen LogP contribution in [-0.4, -0.2) is 29.5 Å². The molecule has 2 bridgehead atoms. The summed E-state index contributed by atoms with van der Waals surface area (Å²) in [5, 5.41) is 0.599. The first kappa shape index (κ1) is 20.3. The fourth-order valence-corrected chi connectivity index (χ4v) is 5.17. The second-order valence-electron chi connectivity index (χ2n) is 8.10. The van der Waals surface area contributed by atoms with Gasteiger partial charge in [0, 0.05) is 29.2 Å². The monoisotopic (exact) mass is 416 g/mol. The third-order valence-corrected chi connectivity index (χ3v) is 6.46. The van der Waals surface area contributed by atoms with Gasteiger partial charge in [0.15, 0.2) is 6.29 Å². The van der Waals surface area contributed by atoms with Crippen LogP contribution in [0.2, 0.25) is 5.02 Å². The molecule has 29 heavy (non-hydrogen) atoms. The van der Waals surface area contributed by atoms with Gasteiger partial charge in [0.05, 0.1) is 0 Å². The minimum atomic E-state index is -0.620. The van der Waals surface area contributed by atoms with E-state index in [0.717, 1.165) is 44.0 Å². The van der Waals surface area contributed by atoms with Gasteiger partial charge < -0.3 is 10.5 Å². The predicted octanol–water partition coefficient (Wildman–Crippen LogP) is 4.33.